The van der Waals surface area contributed by atoms with E-state index in [1.165, 1.54) is 4.88 Å². The summed E-state index contributed by atoms with van der Waals surface area (Å²) in [5.41, 5.74) is 8.88. The molecule has 0 saturated heterocycles. The molecule has 1 heterocycles. The van der Waals surface area contributed by atoms with Crippen LogP contribution in [0.4, 0.5) is 0 Å². The maximum atomic E-state index is 5.92. The molecule has 0 aliphatic heterocycles. The Bertz CT molecular complexity index is 220. The van der Waals surface area contributed by atoms with Crippen molar-refractivity contribution in [2.75, 3.05) is 0 Å². The van der Waals surface area contributed by atoms with Crippen molar-refractivity contribution in [2.24, 2.45) is 5.73 Å². The van der Waals surface area contributed by atoms with Crippen LogP contribution < -0.4 is 5.73 Å². The lowest BCUT2D eigenvalue weighted by atomic mass is 10.1. The lowest BCUT2D eigenvalue weighted by Crippen LogP contribution is -2.09. The first-order chi connectivity index (χ1) is 5.25. The predicted octanol–water partition coefficient (Wildman–Crippen LogP) is 2.25. The van der Waals surface area contributed by atoms with Gasteiger partial charge in [-0.3, -0.25) is 0 Å². The van der Waals surface area contributed by atoms with Gasteiger partial charge in [-0.1, -0.05) is 13.3 Å². The zero-order valence-electron chi connectivity index (χ0n) is 7.00. The summed E-state index contributed by atoms with van der Waals surface area (Å²) >= 11 is 1.66. The third-order valence-electron chi connectivity index (χ3n) is 1.72. The smallest absolute Gasteiger partial charge is 0.0798 e. The van der Waals surface area contributed by atoms with E-state index >= 15 is 0 Å². The summed E-state index contributed by atoms with van der Waals surface area (Å²) in [5, 5.41) is 0. The molecule has 0 saturated carbocycles. The van der Waals surface area contributed by atoms with Gasteiger partial charge in [-0.05, 0) is 13.3 Å². The SMILES string of the molecule is CCCC(N)c1scnc1C. The van der Waals surface area contributed by atoms with E-state index in [0.29, 0.717) is 0 Å². The van der Waals surface area contributed by atoms with E-state index < -0.39 is 0 Å². The molecule has 1 unspecified atom stereocenters. The summed E-state index contributed by atoms with van der Waals surface area (Å²) in [6.45, 7) is 4.16. The number of thiazole rings is 1. The van der Waals surface area contributed by atoms with Gasteiger partial charge >= 0.3 is 0 Å². The van der Waals surface area contributed by atoms with Gasteiger partial charge in [0.15, 0.2) is 0 Å². The highest BCUT2D eigenvalue weighted by Gasteiger charge is 2.09. The lowest BCUT2D eigenvalue weighted by molar-refractivity contribution is 0.644. The maximum absolute atomic E-state index is 5.92. The molecule has 1 aromatic rings. The molecule has 1 atom stereocenters. The molecule has 0 aliphatic rings. The predicted molar refractivity (Wildman–Crippen MR) is 48.7 cm³/mol. The quantitative estimate of drug-likeness (QED) is 0.755. The van der Waals surface area contributed by atoms with E-state index in [0.717, 1.165) is 18.5 Å². The van der Waals surface area contributed by atoms with Gasteiger partial charge in [0.05, 0.1) is 11.2 Å². The molecule has 0 aromatic carbocycles. The third kappa shape index (κ3) is 2.01. The normalized spacial score (nSPS) is 13.4. The molecule has 11 heavy (non-hydrogen) atoms. The third-order valence-corrected chi connectivity index (χ3v) is 2.78. The summed E-state index contributed by atoms with van der Waals surface area (Å²) in [6, 6.07) is 0.201. The Morgan fingerprint density at radius 1 is 1.73 bits per heavy atom. The van der Waals surface area contributed by atoms with Gasteiger partial charge in [0.2, 0.25) is 0 Å². The summed E-state index contributed by atoms with van der Waals surface area (Å²) in [5.74, 6) is 0. The highest BCUT2D eigenvalue weighted by molar-refractivity contribution is 7.09. The molecule has 0 radical (unpaired) electrons. The van der Waals surface area contributed by atoms with Crippen molar-refractivity contribution in [3.63, 3.8) is 0 Å². The van der Waals surface area contributed by atoms with Crippen molar-refractivity contribution in [1.82, 2.24) is 4.98 Å². The van der Waals surface area contributed by atoms with Gasteiger partial charge in [-0.2, -0.15) is 0 Å². The van der Waals surface area contributed by atoms with Crippen LogP contribution in [0, 0.1) is 6.92 Å². The first-order valence-corrected chi connectivity index (χ1v) is 4.79. The maximum Gasteiger partial charge on any atom is 0.0798 e. The molecular weight excluding hydrogens is 156 g/mol. The van der Waals surface area contributed by atoms with Gasteiger partial charge in [-0.25, -0.2) is 4.98 Å². The van der Waals surface area contributed by atoms with Crippen LogP contribution >= 0.6 is 11.3 Å². The summed E-state index contributed by atoms with van der Waals surface area (Å²) in [7, 11) is 0. The van der Waals surface area contributed by atoms with Crippen LogP contribution in [0.1, 0.15) is 36.4 Å². The van der Waals surface area contributed by atoms with Crippen LogP contribution in [-0.2, 0) is 0 Å². The van der Waals surface area contributed by atoms with Crippen LogP contribution in [0.25, 0.3) is 0 Å². The first kappa shape index (κ1) is 8.68. The van der Waals surface area contributed by atoms with Crippen LogP contribution in [0.2, 0.25) is 0 Å². The summed E-state index contributed by atoms with van der Waals surface area (Å²) < 4.78 is 0. The zero-order chi connectivity index (χ0) is 8.27. The number of hydrogen-bond acceptors (Lipinski definition) is 3. The minimum Gasteiger partial charge on any atom is -0.323 e. The lowest BCUT2D eigenvalue weighted by Gasteiger charge is -2.07. The van der Waals surface area contributed by atoms with E-state index in [9.17, 15) is 0 Å². The molecule has 62 valence electrons. The Morgan fingerprint density at radius 3 is 2.91 bits per heavy atom. The van der Waals surface area contributed by atoms with Crippen molar-refractivity contribution in [1.29, 1.82) is 0 Å². The summed E-state index contributed by atoms with van der Waals surface area (Å²) in [4.78, 5) is 5.40. The second-order valence-electron chi connectivity index (χ2n) is 2.70. The van der Waals surface area contributed by atoms with Crippen LogP contribution in [-0.4, -0.2) is 4.98 Å². The Kier molecular flexibility index (Phi) is 3.02. The first-order valence-electron chi connectivity index (χ1n) is 3.91. The molecule has 1 aromatic heterocycles. The average molecular weight is 170 g/mol. The number of rotatable bonds is 3. The molecule has 0 fully saturated rings. The molecule has 1 rings (SSSR count). The monoisotopic (exact) mass is 170 g/mol. The van der Waals surface area contributed by atoms with Crippen molar-refractivity contribution in [2.45, 2.75) is 32.7 Å². The minimum atomic E-state index is 0.201. The topological polar surface area (TPSA) is 38.9 Å². The fourth-order valence-electron chi connectivity index (χ4n) is 1.11. The molecule has 0 spiro atoms. The standard InChI is InChI=1S/C8H14N2S/c1-3-4-7(9)8-6(2)10-5-11-8/h5,7H,3-4,9H2,1-2H3. The van der Waals surface area contributed by atoms with Gasteiger partial charge in [0, 0.05) is 10.9 Å². The Labute approximate surface area is 71.5 Å². The molecular formula is C8H14N2S. The van der Waals surface area contributed by atoms with Crippen molar-refractivity contribution < 1.29 is 0 Å². The van der Waals surface area contributed by atoms with Gasteiger partial charge in [-0.15, -0.1) is 11.3 Å². The Hall–Kier alpha value is -0.410. The number of nitrogens with two attached hydrogens (primary N) is 1. The zero-order valence-corrected chi connectivity index (χ0v) is 7.82. The minimum absolute atomic E-state index is 0.201. The molecule has 0 amide bonds. The van der Waals surface area contributed by atoms with Gasteiger partial charge in [0.1, 0.15) is 0 Å². The van der Waals surface area contributed by atoms with E-state index in [-0.39, 0.29) is 6.04 Å². The molecule has 3 heteroatoms. The molecule has 0 bridgehead atoms. The number of aromatic nitrogens is 1. The van der Waals surface area contributed by atoms with Crippen LogP contribution in [0.3, 0.4) is 0 Å². The van der Waals surface area contributed by atoms with Crippen molar-refractivity contribution in [3.8, 4) is 0 Å². The van der Waals surface area contributed by atoms with Crippen molar-refractivity contribution >= 4 is 11.3 Å². The van der Waals surface area contributed by atoms with Crippen LogP contribution in [0.15, 0.2) is 5.51 Å². The van der Waals surface area contributed by atoms with E-state index in [2.05, 4.69) is 11.9 Å². The molecule has 2 nitrogen and oxygen atoms in total. The highest BCUT2D eigenvalue weighted by Crippen LogP contribution is 2.22. The number of nitrogens with zero attached hydrogens (tertiary/aromatic N) is 1. The summed E-state index contributed by atoms with van der Waals surface area (Å²) in [6.07, 6.45) is 2.20. The second-order valence-corrected chi connectivity index (χ2v) is 3.58. The Morgan fingerprint density at radius 2 is 2.45 bits per heavy atom. The van der Waals surface area contributed by atoms with Crippen molar-refractivity contribution in [3.05, 3.63) is 16.1 Å². The van der Waals surface area contributed by atoms with Gasteiger partial charge in [0.25, 0.3) is 0 Å². The number of hydrogen-bond donors (Lipinski definition) is 1. The van der Waals surface area contributed by atoms with Crippen LogP contribution in [0.5, 0.6) is 0 Å². The fraction of sp³-hybridized carbons (Fsp3) is 0.625. The number of aryl methyl sites for hydroxylation is 1. The fourth-order valence-corrected chi connectivity index (χ4v) is 1.95. The van der Waals surface area contributed by atoms with Gasteiger partial charge < -0.3 is 5.73 Å². The molecule has 2 N–H and O–H groups in total. The average Bonchev–Trinajstić information content (AvgIpc) is 2.36. The second kappa shape index (κ2) is 3.83. The largest absolute Gasteiger partial charge is 0.323 e. The van der Waals surface area contributed by atoms with E-state index in [4.69, 9.17) is 5.73 Å². The Balaban J connectivity index is 2.67. The van der Waals surface area contributed by atoms with E-state index in [1.54, 1.807) is 11.3 Å². The van der Waals surface area contributed by atoms with E-state index in [1.807, 2.05) is 12.4 Å². The highest BCUT2D eigenvalue weighted by atomic mass is 32.1. The molecule has 0 aliphatic carbocycles.